The zero-order valence-corrected chi connectivity index (χ0v) is 15.4. The Morgan fingerprint density at radius 2 is 1.73 bits per heavy atom. The van der Waals surface area contributed by atoms with E-state index in [4.69, 9.17) is 4.74 Å². The minimum Gasteiger partial charge on any atom is -0.495 e. The summed E-state index contributed by atoms with van der Waals surface area (Å²) in [5.74, 6) is 2.07. The van der Waals surface area contributed by atoms with Gasteiger partial charge in [-0.3, -0.25) is 0 Å². The molecule has 1 aromatic heterocycles. The van der Waals surface area contributed by atoms with Crippen molar-refractivity contribution in [3.05, 3.63) is 60.7 Å². The normalized spacial score (nSPS) is 11.7. The van der Waals surface area contributed by atoms with Crippen molar-refractivity contribution in [2.45, 2.75) is 26.3 Å². The minimum absolute atomic E-state index is 0.327. The molecule has 0 spiro atoms. The SMILES string of the molecule is CCC(C)Nc1cc(-c2ccccc2)nc(Nc2ccccc2OC)n1. The number of rotatable bonds is 7. The largest absolute Gasteiger partial charge is 0.495 e. The molecule has 0 saturated heterocycles. The molecule has 0 aliphatic carbocycles. The highest BCUT2D eigenvalue weighted by Crippen LogP contribution is 2.28. The van der Waals surface area contributed by atoms with E-state index in [0.29, 0.717) is 12.0 Å². The number of para-hydroxylation sites is 2. The molecule has 3 aromatic rings. The maximum Gasteiger partial charge on any atom is 0.229 e. The second kappa shape index (κ2) is 8.34. The van der Waals surface area contributed by atoms with Crippen LogP contribution in [0.3, 0.4) is 0 Å². The van der Waals surface area contributed by atoms with E-state index in [2.05, 4.69) is 34.4 Å². The van der Waals surface area contributed by atoms with Crippen molar-refractivity contribution in [2.24, 2.45) is 0 Å². The fraction of sp³-hybridized carbons (Fsp3) is 0.238. The number of hydrogen-bond acceptors (Lipinski definition) is 5. The predicted octanol–water partition coefficient (Wildman–Crippen LogP) is 5.11. The van der Waals surface area contributed by atoms with Crippen LogP contribution in [0.15, 0.2) is 60.7 Å². The Hall–Kier alpha value is -3.08. The second-order valence-electron chi connectivity index (χ2n) is 6.11. The van der Waals surface area contributed by atoms with Gasteiger partial charge in [-0.1, -0.05) is 49.4 Å². The van der Waals surface area contributed by atoms with Gasteiger partial charge in [0.15, 0.2) is 0 Å². The zero-order chi connectivity index (χ0) is 18.4. The third-order valence-electron chi connectivity index (χ3n) is 4.16. The molecule has 0 bridgehead atoms. The topological polar surface area (TPSA) is 59.1 Å². The van der Waals surface area contributed by atoms with Crippen LogP contribution in [0.5, 0.6) is 5.75 Å². The Balaban J connectivity index is 1.99. The molecular weight excluding hydrogens is 324 g/mol. The Kier molecular flexibility index (Phi) is 5.69. The Morgan fingerprint density at radius 1 is 1.00 bits per heavy atom. The van der Waals surface area contributed by atoms with E-state index in [9.17, 15) is 0 Å². The minimum atomic E-state index is 0.327. The summed E-state index contributed by atoms with van der Waals surface area (Å²) in [6, 6.07) is 20.1. The highest BCUT2D eigenvalue weighted by molar-refractivity contribution is 5.68. The van der Waals surface area contributed by atoms with Crippen LogP contribution in [0, 0.1) is 0 Å². The fourth-order valence-electron chi connectivity index (χ4n) is 2.56. The number of nitrogens with one attached hydrogen (secondary N) is 2. The summed E-state index contributed by atoms with van der Waals surface area (Å²) < 4.78 is 5.41. The van der Waals surface area contributed by atoms with Crippen LogP contribution in [0.1, 0.15) is 20.3 Å². The van der Waals surface area contributed by atoms with Crippen LogP contribution >= 0.6 is 0 Å². The van der Waals surface area contributed by atoms with E-state index >= 15 is 0 Å². The molecule has 0 aliphatic heterocycles. The van der Waals surface area contributed by atoms with Gasteiger partial charge in [-0.25, -0.2) is 4.98 Å². The molecule has 26 heavy (non-hydrogen) atoms. The third kappa shape index (κ3) is 4.30. The van der Waals surface area contributed by atoms with Gasteiger partial charge >= 0.3 is 0 Å². The van der Waals surface area contributed by atoms with Gasteiger partial charge in [-0.05, 0) is 25.5 Å². The van der Waals surface area contributed by atoms with Gasteiger partial charge < -0.3 is 15.4 Å². The summed E-state index contributed by atoms with van der Waals surface area (Å²) in [5.41, 5.74) is 2.74. The first-order valence-corrected chi connectivity index (χ1v) is 8.80. The van der Waals surface area contributed by atoms with Crippen molar-refractivity contribution in [3.8, 4) is 17.0 Å². The van der Waals surface area contributed by atoms with Gasteiger partial charge in [0.05, 0.1) is 18.5 Å². The van der Waals surface area contributed by atoms with Crippen LogP contribution < -0.4 is 15.4 Å². The maximum atomic E-state index is 5.41. The quantitative estimate of drug-likeness (QED) is 0.621. The summed E-state index contributed by atoms with van der Waals surface area (Å²) in [4.78, 5) is 9.32. The molecule has 0 saturated carbocycles. The highest BCUT2D eigenvalue weighted by Gasteiger charge is 2.10. The van der Waals surface area contributed by atoms with E-state index in [1.54, 1.807) is 7.11 Å². The lowest BCUT2D eigenvalue weighted by molar-refractivity contribution is 0.417. The third-order valence-corrected chi connectivity index (χ3v) is 4.16. The lowest BCUT2D eigenvalue weighted by Crippen LogP contribution is -2.15. The molecule has 5 nitrogen and oxygen atoms in total. The summed E-state index contributed by atoms with van der Waals surface area (Å²) in [6.45, 7) is 4.28. The molecule has 0 aliphatic rings. The molecular formula is C21H24N4O. The van der Waals surface area contributed by atoms with Crippen LogP contribution in [-0.4, -0.2) is 23.1 Å². The van der Waals surface area contributed by atoms with Crippen molar-refractivity contribution in [1.82, 2.24) is 9.97 Å². The standard InChI is InChI=1S/C21H24N4O/c1-4-15(2)22-20-14-18(16-10-6-5-7-11-16)24-21(25-20)23-17-12-8-9-13-19(17)26-3/h5-15H,4H2,1-3H3,(H2,22,23,24,25). The maximum absolute atomic E-state index is 5.41. The Labute approximate surface area is 154 Å². The number of hydrogen-bond donors (Lipinski definition) is 2. The van der Waals surface area contributed by atoms with E-state index in [1.807, 2.05) is 60.7 Å². The number of anilines is 3. The van der Waals surface area contributed by atoms with Gasteiger partial charge in [0.25, 0.3) is 0 Å². The van der Waals surface area contributed by atoms with Crippen molar-refractivity contribution in [1.29, 1.82) is 0 Å². The monoisotopic (exact) mass is 348 g/mol. The molecule has 1 heterocycles. The first kappa shape index (κ1) is 17.7. The van der Waals surface area contributed by atoms with E-state index < -0.39 is 0 Å². The zero-order valence-electron chi connectivity index (χ0n) is 15.4. The van der Waals surface area contributed by atoms with Gasteiger partial charge in [0, 0.05) is 17.7 Å². The van der Waals surface area contributed by atoms with E-state index in [1.165, 1.54) is 0 Å². The smallest absolute Gasteiger partial charge is 0.229 e. The lowest BCUT2D eigenvalue weighted by Gasteiger charge is -2.15. The summed E-state index contributed by atoms with van der Waals surface area (Å²) >= 11 is 0. The average molecular weight is 348 g/mol. The molecule has 2 aromatic carbocycles. The van der Waals surface area contributed by atoms with E-state index in [0.717, 1.165) is 34.9 Å². The molecule has 0 radical (unpaired) electrons. The van der Waals surface area contributed by atoms with Crippen LogP contribution in [0.25, 0.3) is 11.3 Å². The van der Waals surface area contributed by atoms with Crippen LogP contribution in [-0.2, 0) is 0 Å². The fourth-order valence-corrected chi connectivity index (χ4v) is 2.56. The number of ether oxygens (including phenoxy) is 1. The number of aromatic nitrogens is 2. The van der Waals surface area contributed by atoms with Crippen molar-refractivity contribution in [2.75, 3.05) is 17.7 Å². The molecule has 1 atom stereocenters. The van der Waals surface area contributed by atoms with Gasteiger partial charge in [0.2, 0.25) is 5.95 Å². The number of methoxy groups -OCH3 is 1. The van der Waals surface area contributed by atoms with Crippen molar-refractivity contribution < 1.29 is 4.74 Å². The molecule has 0 amide bonds. The van der Waals surface area contributed by atoms with Crippen molar-refractivity contribution >= 4 is 17.5 Å². The molecule has 5 heteroatoms. The summed E-state index contributed by atoms with van der Waals surface area (Å²) in [5, 5.41) is 6.71. The van der Waals surface area contributed by atoms with E-state index in [-0.39, 0.29) is 0 Å². The Morgan fingerprint density at radius 3 is 2.46 bits per heavy atom. The first-order valence-electron chi connectivity index (χ1n) is 8.80. The highest BCUT2D eigenvalue weighted by atomic mass is 16.5. The van der Waals surface area contributed by atoms with Crippen LogP contribution in [0.4, 0.5) is 17.5 Å². The number of benzene rings is 2. The van der Waals surface area contributed by atoms with Crippen molar-refractivity contribution in [3.63, 3.8) is 0 Å². The predicted molar refractivity (Wildman–Crippen MR) is 107 cm³/mol. The summed E-state index contributed by atoms with van der Waals surface area (Å²) in [7, 11) is 1.65. The second-order valence-corrected chi connectivity index (χ2v) is 6.11. The average Bonchev–Trinajstić information content (AvgIpc) is 2.69. The first-order chi connectivity index (χ1) is 12.7. The van der Waals surface area contributed by atoms with Gasteiger partial charge in [0.1, 0.15) is 11.6 Å². The summed E-state index contributed by atoms with van der Waals surface area (Å²) in [6.07, 6.45) is 1.01. The molecule has 0 fully saturated rings. The van der Waals surface area contributed by atoms with Gasteiger partial charge in [-0.15, -0.1) is 0 Å². The molecule has 1 unspecified atom stereocenters. The molecule has 2 N–H and O–H groups in total. The molecule has 3 rings (SSSR count). The Bertz CT molecular complexity index is 852. The lowest BCUT2D eigenvalue weighted by atomic mass is 10.1. The van der Waals surface area contributed by atoms with Gasteiger partial charge in [-0.2, -0.15) is 4.98 Å². The molecule has 134 valence electrons. The number of nitrogens with zero attached hydrogens (tertiary/aromatic N) is 2. The van der Waals surface area contributed by atoms with Crippen LogP contribution in [0.2, 0.25) is 0 Å².